The smallest absolute Gasteiger partial charge is 0.407 e. The zero-order valence-electron chi connectivity index (χ0n) is 26.4. The maximum atomic E-state index is 13.8. The molecule has 1 fully saturated rings. The first-order valence-electron chi connectivity index (χ1n) is 15.4. The molecule has 1 aliphatic heterocycles. The number of hydrogen-bond acceptors (Lipinski definition) is 12. The summed E-state index contributed by atoms with van der Waals surface area (Å²) in [5, 5.41) is 48.1. The molecule has 13 nitrogen and oxygen atoms in total. The molecule has 0 radical (unpaired) electrons. The predicted molar refractivity (Wildman–Crippen MR) is 166 cm³/mol. The van der Waals surface area contributed by atoms with Gasteiger partial charge in [0.05, 0.1) is 42.0 Å². The normalized spacial score (nSPS) is 26.1. The molecule has 48 heavy (non-hydrogen) atoms. The Morgan fingerprint density at radius 1 is 1.00 bits per heavy atom. The number of Topliss-reactive ketones (excluding diaryl/α,β-unsaturated/α-hetero) is 1. The van der Waals surface area contributed by atoms with Crippen LogP contribution in [-0.2, 0) is 32.0 Å². The fourth-order valence-corrected chi connectivity index (χ4v) is 6.68. The lowest BCUT2D eigenvalue weighted by Crippen LogP contribution is -2.55. The Kier molecular flexibility index (Phi) is 8.73. The lowest BCUT2D eigenvalue weighted by atomic mass is 9.72. The van der Waals surface area contributed by atoms with Gasteiger partial charge in [-0.25, -0.2) is 4.79 Å². The molecule has 252 valence electrons. The van der Waals surface area contributed by atoms with Crippen LogP contribution in [0.4, 0.5) is 4.79 Å². The fraction of sp³-hybridized carbons (Fsp3) is 0.371. The minimum absolute atomic E-state index is 0.00534. The third kappa shape index (κ3) is 5.68. The first-order valence-corrected chi connectivity index (χ1v) is 15.4. The van der Waals surface area contributed by atoms with Gasteiger partial charge in [-0.3, -0.25) is 14.4 Å². The summed E-state index contributed by atoms with van der Waals surface area (Å²) in [6.45, 7) is 2.71. The summed E-state index contributed by atoms with van der Waals surface area (Å²) in [6.07, 6.45) is -6.35. The Hall–Kier alpha value is -4.82. The zero-order valence-corrected chi connectivity index (χ0v) is 26.4. The van der Waals surface area contributed by atoms with Crippen LogP contribution in [0.1, 0.15) is 81.3 Å². The minimum atomic E-state index is -2.09. The molecule has 3 aromatic carbocycles. The first kappa shape index (κ1) is 33.1. The highest BCUT2D eigenvalue weighted by atomic mass is 16.7. The summed E-state index contributed by atoms with van der Waals surface area (Å²) >= 11 is 0. The summed E-state index contributed by atoms with van der Waals surface area (Å²) in [5.74, 6) is -3.43. The molecule has 0 bridgehead atoms. The van der Waals surface area contributed by atoms with E-state index in [-0.39, 0.29) is 41.0 Å². The molecule has 6 rings (SSSR count). The number of aliphatic hydroxyl groups excluding tert-OH is 1. The number of phenolic OH excluding ortho intramolecular Hbond substituents is 2. The molecule has 2 aliphatic carbocycles. The molecule has 1 heterocycles. The van der Waals surface area contributed by atoms with Crippen LogP contribution in [0.3, 0.4) is 0 Å². The van der Waals surface area contributed by atoms with Crippen LogP contribution in [0.2, 0.25) is 0 Å². The fourth-order valence-electron chi connectivity index (χ4n) is 6.68. The lowest BCUT2D eigenvalue weighted by Gasteiger charge is -2.42. The molecule has 13 heteroatoms. The van der Waals surface area contributed by atoms with E-state index in [1.54, 1.807) is 31.2 Å². The number of ether oxygens (including phenoxy) is 4. The van der Waals surface area contributed by atoms with E-state index in [1.807, 2.05) is 6.07 Å². The van der Waals surface area contributed by atoms with Crippen molar-refractivity contribution >= 4 is 23.4 Å². The number of ketones is 3. The van der Waals surface area contributed by atoms with Gasteiger partial charge < -0.3 is 44.7 Å². The van der Waals surface area contributed by atoms with Crippen molar-refractivity contribution in [2.45, 2.75) is 76.0 Å². The molecular formula is C35H35NO12. The van der Waals surface area contributed by atoms with Gasteiger partial charge in [0.15, 0.2) is 17.9 Å². The molecule has 5 N–H and O–H groups in total. The number of nitrogens with one attached hydrogen (secondary N) is 1. The predicted octanol–water partition coefficient (Wildman–Crippen LogP) is 3.00. The third-order valence-corrected chi connectivity index (χ3v) is 9.27. The van der Waals surface area contributed by atoms with Gasteiger partial charge in [-0.1, -0.05) is 42.5 Å². The Bertz CT molecular complexity index is 1810. The molecule has 0 saturated carbocycles. The maximum Gasteiger partial charge on any atom is 0.407 e. The van der Waals surface area contributed by atoms with E-state index >= 15 is 0 Å². The maximum absolute atomic E-state index is 13.8. The van der Waals surface area contributed by atoms with Gasteiger partial charge >= 0.3 is 6.09 Å². The molecule has 1 amide bonds. The van der Waals surface area contributed by atoms with Crippen molar-refractivity contribution < 1.29 is 58.6 Å². The van der Waals surface area contributed by atoms with Gasteiger partial charge in [0.25, 0.3) is 0 Å². The number of methoxy groups -OCH3 is 1. The van der Waals surface area contributed by atoms with Crippen LogP contribution in [0.15, 0.2) is 48.5 Å². The second-order valence-electron chi connectivity index (χ2n) is 12.3. The van der Waals surface area contributed by atoms with E-state index in [0.29, 0.717) is 0 Å². The van der Waals surface area contributed by atoms with Gasteiger partial charge in [0.2, 0.25) is 5.78 Å². The van der Waals surface area contributed by atoms with Crippen LogP contribution in [-0.4, -0.2) is 81.1 Å². The summed E-state index contributed by atoms with van der Waals surface area (Å²) in [4.78, 5) is 52.9. The van der Waals surface area contributed by atoms with Crippen molar-refractivity contribution in [3.63, 3.8) is 0 Å². The van der Waals surface area contributed by atoms with E-state index in [1.165, 1.54) is 25.3 Å². The quantitative estimate of drug-likeness (QED) is 0.182. The largest absolute Gasteiger partial charge is 0.507 e. The van der Waals surface area contributed by atoms with Gasteiger partial charge in [-0.15, -0.1) is 0 Å². The molecule has 0 spiro atoms. The van der Waals surface area contributed by atoms with Crippen molar-refractivity contribution in [2.75, 3.05) is 7.11 Å². The summed E-state index contributed by atoms with van der Waals surface area (Å²) < 4.78 is 22.7. The first-order chi connectivity index (χ1) is 22.8. The van der Waals surface area contributed by atoms with Crippen LogP contribution < -0.4 is 10.1 Å². The standard InChI is InChI=1S/C35H35NO12/c1-16-29(38)21(36-34(43)46-15-18-8-5-4-6-9-18)12-24(47-16)48-23-14-35(44,17(2)37)13-20-26(23)33(42)28-27(31(20)40)30(39)19-10-7-11-22(45-3)25(19)32(28)41/h4-11,16,21,23-24,29,38,40,42,44H,12-15H2,1-3H3,(H,36,43)/t16-,21-,23-,24-,29+,35-/m0/s1. The molecule has 6 atom stereocenters. The lowest BCUT2D eigenvalue weighted by molar-refractivity contribution is -0.249. The second-order valence-corrected chi connectivity index (χ2v) is 12.3. The minimum Gasteiger partial charge on any atom is -0.507 e. The van der Waals surface area contributed by atoms with Crippen LogP contribution in [0.5, 0.6) is 17.2 Å². The highest BCUT2D eigenvalue weighted by molar-refractivity contribution is 6.31. The zero-order chi connectivity index (χ0) is 34.5. The van der Waals surface area contributed by atoms with Gasteiger partial charge in [-0.05, 0) is 25.5 Å². The van der Waals surface area contributed by atoms with Crippen molar-refractivity contribution in [2.24, 2.45) is 0 Å². The van der Waals surface area contributed by atoms with Crippen LogP contribution in [0.25, 0.3) is 0 Å². The number of alkyl carbamates (subject to hydrolysis) is 1. The SMILES string of the molecule is COc1cccc2c1C(=O)c1c(O)c3c(c(O)c1C2=O)C[C@@](O)(C(C)=O)C[C@@H]3O[C@H]1C[C@H](NC(=O)OCc2ccccc2)[C@H](O)[C@H](C)O1. The Balaban J connectivity index is 1.33. The van der Waals surface area contributed by atoms with Crippen LogP contribution >= 0.6 is 0 Å². The number of amides is 1. The number of benzene rings is 3. The number of hydrogen-bond donors (Lipinski definition) is 5. The van der Waals surface area contributed by atoms with Gasteiger partial charge in [-0.2, -0.15) is 0 Å². The van der Waals surface area contributed by atoms with E-state index in [0.717, 1.165) is 12.5 Å². The monoisotopic (exact) mass is 661 g/mol. The summed E-state index contributed by atoms with van der Waals surface area (Å²) in [6, 6.07) is 12.5. The number of aromatic hydroxyl groups is 2. The van der Waals surface area contributed by atoms with E-state index in [4.69, 9.17) is 18.9 Å². The average Bonchev–Trinajstić information content (AvgIpc) is 3.06. The van der Waals surface area contributed by atoms with Crippen molar-refractivity contribution in [1.29, 1.82) is 0 Å². The number of carbonyl (C=O) groups is 4. The number of fused-ring (bicyclic) bond motifs is 3. The number of carbonyl (C=O) groups excluding carboxylic acids is 4. The number of rotatable bonds is 7. The molecule has 3 aliphatic rings. The van der Waals surface area contributed by atoms with Gasteiger partial charge in [0.1, 0.15) is 35.6 Å². The molecule has 1 saturated heterocycles. The second kappa shape index (κ2) is 12.7. The third-order valence-electron chi connectivity index (χ3n) is 9.27. The highest BCUT2D eigenvalue weighted by Gasteiger charge is 2.49. The Morgan fingerprint density at radius 2 is 1.71 bits per heavy atom. The van der Waals surface area contributed by atoms with Crippen molar-refractivity contribution in [1.82, 2.24) is 5.32 Å². The molecule has 0 unspecified atom stereocenters. The number of aliphatic hydroxyl groups is 2. The molecular weight excluding hydrogens is 626 g/mol. The van der Waals surface area contributed by atoms with Gasteiger partial charge in [0, 0.05) is 36.0 Å². The Labute approximate surface area is 275 Å². The summed E-state index contributed by atoms with van der Waals surface area (Å²) in [5.41, 5.74) is -2.64. The highest BCUT2D eigenvalue weighted by Crippen LogP contribution is 2.52. The van der Waals surface area contributed by atoms with Crippen LogP contribution in [0, 0.1) is 0 Å². The Morgan fingerprint density at radius 3 is 2.40 bits per heavy atom. The molecule has 0 aromatic heterocycles. The average molecular weight is 662 g/mol. The topological polar surface area (TPSA) is 198 Å². The van der Waals surface area contributed by atoms with Crippen molar-refractivity contribution in [3.05, 3.63) is 87.5 Å². The summed E-state index contributed by atoms with van der Waals surface area (Å²) in [7, 11) is 1.33. The number of phenols is 2. The van der Waals surface area contributed by atoms with E-state index < -0.39 is 95.2 Å². The molecule has 3 aromatic rings. The van der Waals surface area contributed by atoms with Crippen molar-refractivity contribution in [3.8, 4) is 17.2 Å². The van der Waals surface area contributed by atoms with E-state index in [9.17, 15) is 39.6 Å². The van der Waals surface area contributed by atoms with E-state index in [2.05, 4.69) is 5.32 Å².